The first-order chi connectivity index (χ1) is 10.9. The Morgan fingerprint density at radius 3 is 2.59 bits per heavy atom. The number of nitrogens with zero attached hydrogens (tertiary/aromatic N) is 1. The molecular weight excluding hydrogens is 268 g/mol. The molecule has 2 heteroatoms. The zero-order chi connectivity index (χ0) is 14.8. The van der Waals surface area contributed by atoms with Crippen molar-refractivity contribution in [1.82, 2.24) is 0 Å². The molecule has 2 aromatic carbocycles. The van der Waals surface area contributed by atoms with Crippen molar-refractivity contribution >= 4 is 16.6 Å². The lowest BCUT2D eigenvalue weighted by molar-refractivity contribution is -0.683. The number of fused-ring (bicyclic) bond motifs is 2. The standard InChI is InChI=1S/C20H20N2/c1-4-12-21-20-11-10-19(15-22(20)13-5-1)18-9-8-16-6-2-3-7-17(16)14-18/h2-3,6-11,14-15H,1,4-5,12-13H2/p+1. The van der Waals surface area contributed by atoms with Gasteiger partial charge in [0.2, 0.25) is 0 Å². The molecule has 0 aliphatic carbocycles. The number of hydrogen-bond donors (Lipinski definition) is 1. The number of rotatable bonds is 1. The summed E-state index contributed by atoms with van der Waals surface area (Å²) in [5.41, 5.74) is 2.58. The van der Waals surface area contributed by atoms with Crippen molar-refractivity contribution < 1.29 is 4.57 Å². The molecule has 0 saturated carbocycles. The lowest BCUT2D eigenvalue weighted by Gasteiger charge is -2.12. The van der Waals surface area contributed by atoms with E-state index in [1.165, 1.54) is 47.0 Å². The Bertz CT molecular complexity index is 808. The van der Waals surface area contributed by atoms with E-state index < -0.39 is 0 Å². The fourth-order valence-electron chi connectivity index (χ4n) is 3.23. The predicted octanol–water partition coefficient (Wildman–Crippen LogP) is 4.39. The summed E-state index contributed by atoms with van der Waals surface area (Å²) in [7, 11) is 0. The van der Waals surface area contributed by atoms with Crippen LogP contribution in [0.2, 0.25) is 0 Å². The van der Waals surface area contributed by atoms with Crippen molar-refractivity contribution in [2.45, 2.75) is 25.8 Å². The zero-order valence-corrected chi connectivity index (χ0v) is 12.8. The van der Waals surface area contributed by atoms with E-state index in [1.54, 1.807) is 0 Å². The van der Waals surface area contributed by atoms with Gasteiger partial charge in [0.05, 0.1) is 19.3 Å². The number of nitrogens with one attached hydrogen (secondary N) is 1. The van der Waals surface area contributed by atoms with E-state index in [0.717, 1.165) is 13.1 Å². The summed E-state index contributed by atoms with van der Waals surface area (Å²) in [5, 5.41) is 6.14. The Kier molecular flexibility index (Phi) is 3.51. The maximum absolute atomic E-state index is 3.54. The average molecular weight is 289 g/mol. The number of benzene rings is 2. The second kappa shape index (κ2) is 5.80. The van der Waals surface area contributed by atoms with E-state index in [1.807, 2.05) is 0 Å². The molecule has 22 heavy (non-hydrogen) atoms. The summed E-state index contributed by atoms with van der Waals surface area (Å²) in [4.78, 5) is 0. The van der Waals surface area contributed by atoms with Gasteiger partial charge in [-0.05, 0) is 47.7 Å². The van der Waals surface area contributed by atoms with Gasteiger partial charge >= 0.3 is 0 Å². The van der Waals surface area contributed by atoms with Gasteiger partial charge in [-0.3, -0.25) is 5.32 Å². The van der Waals surface area contributed by atoms with Gasteiger partial charge in [0.1, 0.15) is 0 Å². The van der Waals surface area contributed by atoms with Crippen LogP contribution in [-0.2, 0) is 6.54 Å². The minimum atomic E-state index is 1.08. The predicted molar refractivity (Wildman–Crippen MR) is 91.9 cm³/mol. The minimum absolute atomic E-state index is 1.08. The van der Waals surface area contributed by atoms with Crippen LogP contribution in [0.25, 0.3) is 21.9 Å². The average Bonchev–Trinajstić information content (AvgIpc) is 2.55. The van der Waals surface area contributed by atoms with E-state index in [0.29, 0.717) is 0 Å². The van der Waals surface area contributed by atoms with Gasteiger partial charge in [-0.2, -0.15) is 0 Å². The zero-order valence-electron chi connectivity index (χ0n) is 12.8. The van der Waals surface area contributed by atoms with E-state index in [4.69, 9.17) is 0 Å². The molecule has 110 valence electrons. The maximum atomic E-state index is 3.54. The molecule has 0 unspecified atom stereocenters. The largest absolute Gasteiger partial charge is 0.274 e. The third-order valence-corrected chi connectivity index (χ3v) is 4.49. The van der Waals surface area contributed by atoms with Crippen LogP contribution in [-0.4, -0.2) is 6.54 Å². The van der Waals surface area contributed by atoms with E-state index >= 15 is 0 Å². The first kappa shape index (κ1) is 13.3. The number of aromatic nitrogens is 1. The van der Waals surface area contributed by atoms with Crippen LogP contribution in [0.4, 0.5) is 5.82 Å². The molecule has 1 aliphatic heterocycles. The number of anilines is 1. The van der Waals surface area contributed by atoms with Crippen LogP contribution in [0.3, 0.4) is 0 Å². The summed E-state index contributed by atoms with van der Waals surface area (Å²) in [6.07, 6.45) is 6.13. The van der Waals surface area contributed by atoms with Crippen molar-refractivity contribution in [1.29, 1.82) is 0 Å². The minimum Gasteiger partial charge on any atom is -0.274 e. The quantitative estimate of drug-likeness (QED) is 0.657. The first-order valence-corrected chi connectivity index (χ1v) is 8.17. The lowest BCUT2D eigenvalue weighted by Crippen LogP contribution is -2.38. The molecule has 0 radical (unpaired) electrons. The summed E-state index contributed by atoms with van der Waals surface area (Å²) >= 11 is 0. The topological polar surface area (TPSA) is 15.9 Å². The maximum Gasteiger partial charge on any atom is 0.274 e. The fraction of sp³-hybridized carbons (Fsp3) is 0.250. The fourth-order valence-corrected chi connectivity index (χ4v) is 3.23. The van der Waals surface area contributed by atoms with Crippen molar-refractivity contribution in [3.63, 3.8) is 0 Å². The SMILES string of the molecule is c1ccc2cc(-c3ccc4[n+](c3)CCCCCN4)ccc2c1. The highest BCUT2D eigenvalue weighted by Gasteiger charge is 2.13. The second-order valence-corrected chi connectivity index (χ2v) is 6.05. The highest BCUT2D eigenvalue weighted by Crippen LogP contribution is 2.24. The third-order valence-electron chi connectivity index (χ3n) is 4.49. The molecule has 0 amide bonds. The molecule has 1 N–H and O–H groups in total. The summed E-state index contributed by atoms with van der Waals surface area (Å²) in [6.45, 7) is 2.18. The molecule has 1 aliphatic rings. The molecule has 2 nitrogen and oxygen atoms in total. The molecule has 0 spiro atoms. The highest BCUT2D eigenvalue weighted by atomic mass is 15.1. The summed E-state index contributed by atoms with van der Waals surface area (Å²) in [6, 6.07) is 19.7. The molecule has 0 fully saturated rings. The molecule has 0 saturated heterocycles. The van der Waals surface area contributed by atoms with Gasteiger partial charge in [-0.15, -0.1) is 0 Å². The van der Waals surface area contributed by atoms with Gasteiger partial charge in [0, 0.05) is 11.6 Å². The lowest BCUT2D eigenvalue weighted by atomic mass is 10.0. The molecule has 1 aromatic heterocycles. The Labute approximate surface area is 131 Å². The van der Waals surface area contributed by atoms with Crippen molar-refractivity contribution in [3.05, 3.63) is 60.8 Å². The monoisotopic (exact) mass is 289 g/mol. The van der Waals surface area contributed by atoms with Gasteiger partial charge in [0.25, 0.3) is 5.82 Å². The van der Waals surface area contributed by atoms with Gasteiger partial charge < -0.3 is 0 Å². The van der Waals surface area contributed by atoms with E-state index in [-0.39, 0.29) is 0 Å². The van der Waals surface area contributed by atoms with Crippen LogP contribution >= 0.6 is 0 Å². The molecular formula is C20H21N2+. The van der Waals surface area contributed by atoms with Crippen LogP contribution in [0, 0.1) is 0 Å². The van der Waals surface area contributed by atoms with E-state index in [9.17, 15) is 0 Å². The Balaban J connectivity index is 1.75. The molecule has 0 atom stereocenters. The summed E-state index contributed by atoms with van der Waals surface area (Å²) < 4.78 is 2.36. The smallest absolute Gasteiger partial charge is 0.274 e. The molecule has 0 bridgehead atoms. The number of hydrogen-bond acceptors (Lipinski definition) is 1. The van der Waals surface area contributed by atoms with Gasteiger partial charge in [-0.1, -0.05) is 36.4 Å². The van der Waals surface area contributed by atoms with E-state index in [2.05, 4.69) is 70.7 Å². The Morgan fingerprint density at radius 2 is 1.64 bits per heavy atom. The Hall–Kier alpha value is -2.35. The molecule has 3 aromatic rings. The second-order valence-electron chi connectivity index (χ2n) is 6.05. The van der Waals surface area contributed by atoms with Gasteiger partial charge in [-0.25, -0.2) is 4.57 Å². The van der Waals surface area contributed by atoms with Crippen molar-refractivity contribution in [2.24, 2.45) is 0 Å². The van der Waals surface area contributed by atoms with Crippen LogP contribution < -0.4 is 9.88 Å². The molecule has 4 rings (SSSR count). The molecule has 2 heterocycles. The van der Waals surface area contributed by atoms with Crippen molar-refractivity contribution in [3.8, 4) is 11.1 Å². The summed E-state index contributed by atoms with van der Waals surface area (Å²) in [5.74, 6) is 1.24. The third kappa shape index (κ3) is 2.57. The number of pyridine rings is 1. The van der Waals surface area contributed by atoms with Crippen LogP contribution in [0.1, 0.15) is 19.3 Å². The van der Waals surface area contributed by atoms with Crippen LogP contribution in [0.15, 0.2) is 60.8 Å². The van der Waals surface area contributed by atoms with Crippen molar-refractivity contribution in [2.75, 3.05) is 11.9 Å². The Morgan fingerprint density at radius 1 is 0.773 bits per heavy atom. The highest BCUT2D eigenvalue weighted by molar-refractivity contribution is 5.87. The van der Waals surface area contributed by atoms with Gasteiger partial charge in [0.15, 0.2) is 0 Å². The first-order valence-electron chi connectivity index (χ1n) is 8.17. The number of aryl methyl sites for hydroxylation is 1. The van der Waals surface area contributed by atoms with Crippen LogP contribution in [0.5, 0.6) is 0 Å². The normalized spacial score (nSPS) is 14.7.